The lowest BCUT2D eigenvalue weighted by Crippen LogP contribution is -2.53. The Hall–Kier alpha value is -3.15. The third-order valence-corrected chi connectivity index (χ3v) is 6.37. The number of carbonyl (C=O) groups is 3. The van der Waals surface area contributed by atoms with Gasteiger partial charge >= 0.3 is 17.9 Å². The van der Waals surface area contributed by atoms with Gasteiger partial charge in [-0.2, -0.15) is 0 Å². The molecule has 0 amide bonds. The predicted molar refractivity (Wildman–Crippen MR) is 108 cm³/mol. The van der Waals surface area contributed by atoms with Crippen molar-refractivity contribution in [3.8, 4) is 0 Å². The Morgan fingerprint density at radius 3 is 1.93 bits per heavy atom. The lowest BCUT2D eigenvalue weighted by molar-refractivity contribution is -0.167. The minimum absolute atomic E-state index is 0.0523. The molecular formula is C24H24O6. The number of esters is 3. The monoisotopic (exact) mass is 408 g/mol. The summed E-state index contributed by atoms with van der Waals surface area (Å²) in [7, 11) is 0. The minimum Gasteiger partial charge on any atom is -0.455 e. The number of carbonyl (C=O) groups excluding carboxylic acids is 3. The van der Waals surface area contributed by atoms with Crippen molar-refractivity contribution in [3.05, 3.63) is 71.8 Å². The van der Waals surface area contributed by atoms with Crippen LogP contribution in [0.25, 0.3) is 0 Å². The number of ether oxygens (including phenoxy) is 3. The van der Waals surface area contributed by atoms with Crippen LogP contribution in [0.3, 0.4) is 0 Å². The molecule has 2 saturated carbocycles. The topological polar surface area (TPSA) is 78.9 Å². The smallest absolute Gasteiger partial charge is 0.338 e. The van der Waals surface area contributed by atoms with Gasteiger partial charge in [0.15, 0.2) is 17.3 Å². The van der Waals surface area contributed by atoms with Crippen molar-refractivity contribution >= 4 is 17.9 Å². The van der Waals surface area contributed by atoms with E-state index in [4.69, 9.17) is 14.2 Å². The SMILES string of the molecule is CC(=O)OC12CC1C(C)C(C)(OC(=O)c1ccccc1)C2OC(=O)c1ccccc1. The van der Waals surface area contributed by atoms with Crippen molar-refractivity contribution < 1.29 is 28.6 Å². The molecule has 0 aliphatic heterocycles. The zero-order valence-corrected chi connectivity index (χ0v) is 17.2. The second kappa shape index (κ2) is 7.27. The summed E-state index contributed by atoms with van der Waals surface area (Å²) in [6.07, 6.45) is -0.340. The molecular weight excluding hydrogens is 384 g/mol. The van der Waals surface area contributed by atoms with Gasteiger partial charge in [-0.15, -0.1) is 0 Å². The van der Waals surface area contributed by atoms with Gasteiger partial charge in [0.25, 0.3) is 0 Å². The van der Waals surface area contributed by atoms with Crippen LogP contribution in [0.2, 0.25) is 0 Å². The lowest BCUT2D eigenvalue weighted by Gasteiger charge is -2.38. The number of fused-ring (bicyclic) bond motifs is 1. The van der Waals surface area contributed by atoms with Gasteiger partial charge in [0.2, 0.25) is 0 Å². The van der Waals surface area contributed by atoms with Gasteiger partial charge in [-0.25, -0.2) is 9.59 Å². The van der Waals surface area contributed by atoms with E-state index < -0.39 is 35.2 Å². The van der Waals surface area contributed by atoms with Crippen molar-refractivity contribution in [2.24, 2.45) is 11.8 Å². The van der Waals surface area contributed by atoms with Crippen LogP contribution >= 0.6 is 0 Å². The zero-order chi connectivity index (χ0) is 21.5. The lowest BCUT2D eigenvalue weighted by atomic mass is 9.87. The van der Waals surface area contributed by atoms with E-state index in [-0.39, 0.29) is 11.8 Å². The standard InChI is InChI=1S/C24H24O6/c1-15-19-14-24(19,29-16(2)25)22(28-20(26)17-10-6-4-7-11-17)23(15,3)30-21(27)18-12-8-5-9-13-18/h4-13,15,19,22H,14H2,1-3H3. The normalized spacial score (nSPS) is 31.4. The molecule has 0 aromatic heterocycles. The first kappa shape index (κ1) is 20.1. The second-order valence-corrected chi connectivity index (χ2v) is 8.24. The maximum Gasteiger partial charge on any atom is 0.338 e. The maximum absolute atomic E-state index is 12.8. The number of hydrogen-bond acceptors (Lipinski definition) is 6. The quantitative estimate of drug-likeness (QED) is 0.553. The minimum atomic E-state index is -1.14. The van der Waals surface area contributed by atoms with E-state index in [1.807, 2.05) is 13.0 Å². The van der Waals surface area contributed by atoms with Gasteiger partial charge in [0.1, 0.15) is 0 Å². The highest BCUT2D eigenvalue weighted by Crippen LogP contribution is 2.66. The highest BCUT2D eigenvalue weighted by Gasteiger charge is 2.80. The van der Waals surface area contributed by atoms with Gasteiger partial charge in [-0.05, 0) is 37.6 Å². The molecule has 2 aliphatic rings. The van der Waals surface area contributed by atoms with Crippen LogP contribution in [0.15, 0.2) is 60.7 Å². The summed E-state index contributed by atoms with van der Waals surface area (Å²) in [5, 5.41) is 0. The number of rotatable bonds is 5. The van der Waals surface area contributed by atoms with Crippen molar-refractivity contribution in [1.82, 2.24) is 0 Å². The Morgan fingerprint density at radius 2 is 1.40 bits per heavy atom. The van der Waals surface area contributed by atoms with E-state index >= 15 is 0 Å². The van der Waals surface area contributed by atoms with Crippen molar-refractivity contribution in [1.29, 1.82) is 0 Å². The van der Waals surface area contributed by atoms with E-state index in [0.717, 1.165) is 0 Å². The molecule has 30 heavy (non-hydrogen) atoms. The van der Waals surface area contributed by atoms with E-state index in [0.29, 0.717) is 17.5 Å². The molecule has 6 heteroatoms. The molecule has 2 fully saturated rings. The molecule has 0 saturated heterocycles. The average molecular weight is 408 g/mol. The summed E-state index contributed by atoms with van der Waals surface area (Å²) < 4.78 is 17.5. The molecule has 0 radical (unpaired) electrons. The van der Waals surface area contributed by atoms with E-state index in [1.165, 1.54) is 6.92 Å². The van der Waals surface area contributed by atoms with Crippen molar-refractivity contribution in [3.63, 3.8) is 0 Å². The Kier molecular flexibility index (Phi) is 4.88. The third-order valence-electron chi connectivity index (χ3n) is 6.37. The van der Waals surface area contributed by atoms with Gasteiger partial charge in [-0.3, -0.25) is 4.79 Å². The predicted octanol–water partition coefficient (Wildman–Crippen LogP) is 3.80. The summed E-state index contributed by atoms with van der Waals surface area (Å²) in [5.74, 6) is -1.73. The highest BCUT2D eigenvalue weighted by molar-refractivity contribution is 5.91. The van der Waals surface area contributed by atoms with E-state index in [2.05, 4.69) is 0 Å². The molecule has 6 nitrogen and oxygen atoms in total. The van der Waals surface area contributed by atoms with Crippen LogP contribution in [-0.2, 0) is 19.0 Å². The van der Waals surface area contributed by atoms with Crippen LogP contribution in [0.4, 0.5) is 0 Å². The number of hydrogen-bond donors (Lipinski definition) is 0. The van der Waals surface area contributed by atoms with Gasteiger partial charge in [0, 0.05) is 18.8 Å². The van der Waals surface area contributed by atoms with Gasteiger partial charge in [-0.1, -0.05) is 43.3 Å². The molecule has 0 bridgehead atoms. The van der Waals surface area contributed by atoms with Crippen LogP contribution in [0, 0.1) is 11.8 Å². The molecule has 2 aliphatic carbocycles. The van der Waals surface area contributed by atoms with Crippen LogP contribution in [0.5, 0.6) is 0 Å². The van der Waals surface area contributed by atoms with Gasteiger partial charge in [0.05, 0.1) is 11.1 Å². The second-order valence-electron chi connectivity index (χ2n) is 8.24. The summed E-state index contributed by atoms with van der Waals surface area (Å²) in [4.78, 5) is 37.5. The number of benzene rings is 2. The first-order valence-corrected chi connectivity index (χ1v) is 10.0. The molecule has 0 heterocycles. The zero-order valence-electron chi connectivity index (χ0n) is 17.2. The maximum atomic E-state index is 12.8. The molecule has 156 valence electrons. The van der Waals surface area contributed by atoms with E-state index in [1.54, 1.807) is 61.5 Å². The summed E-state index contributed by atoms with van der Waals surface area (Å²) in [6, 6.07) is 17.2. The highest BCUT2D eigenvalue weighted by atomic mass is 16.6. The average Bonchev–Trinajstić information content (AvgIpc) is 3.42. The fraction of sp³-hybridized carbons (Fsp3) is 0.375. The van der Waals surface area contributed by atoms with Crippen molar-refractivity contribution in [2.75, 3.05) is 0 Å². The Bertz CT molecular complexity index is 972. The molecule has 5 unspecified atom stereocenters. The fourth-order valence-electron chi connectivity index (χ4n) is 4.69. The first-order valence-electron chi connectivity index (χ1n) is 10.0. The van der Waals surface area contributed by atoms with Crippen molar-refractivity contribution in [2.45, 2.75) is 44.5 Å². The molecule has 0 N–H and O–H groups in total. The van der Waals surface area contributed by atoms with Crippen LogP contribution in [-0.4, -0.2) is 35.2 Å². The largest absolute Gasteiger partial charge is 0.455 e. The Balaban J connectivity index is 1.66. The van der Waals surface area contributed by atoms with Crippen LogP contribution < -0.4 is 0 Å². The Morgan fingerprint density at radius 1 is 0.867 bits per heavy atom. The van der Waals surface area contributed by atoms with Gasteiger partial charge < -0.3 is 14.2 Å². The molecule has 2 aromatic rings. The molecule has 2 aromatic carbocycles. The first-order chi connectivity index (χ1) is 14.3. The van der Waals surface area contributed by atoms with E-state index in [9.17, 15) is 14.4 Å². The summed E-state index contributed by atoms with van der Waals surface area (Å²) >= 11 is 0. The summed E-state index contributed by atoms with van der Waals surface area (Å²) in [6.45, 7) is 5.01. The fourth-order valence-corrected chi connectivity index (χ4v) is 4.69. The third kappa shape index (κ3) is 3.26. The Labute approximate surface area is 175 Å². The molecule has 0 spiro atoms. The molecule has 5 atom stereocenters. The van der Waals surface area contributed by atoms with Crippen LogP contribution in [0.1, 0.15) is 47.9 Å². The summed E-state index contributed by atoms with van der Waals surface area (Å²) in [5.41, 5.74) is -1.33. The molecule has 4 rings (SSSR count).